The molecular weight excluding hydrogens is 170 g/mol. The zero-order chi connectivity index (χ0) is 9.68. The molecule has 0 aliphatic carbocycles. The predicted octanol–water partition coefficient (Wildman–Crippen LogP) is 1.24. The van der Waals surface area contributed by atoms with Gasteiger partial charge in [-0.25, -0.2) is 9.79 Å². The van der Waals surface area contributed by atoms with Crippen molar-refractivity contribution in [2.45, 2.75) is 6.54 Å². The van der Waals surface area contributed by atoms with Gasteiger partial charge < -0.3 is 9.84 Å². The van der Waals surface area contributed by atoms with Crippen LogP contribution in [0.15, 0.2) is 23.2 Å². The first-order valence-corrected chi connectivity index (χ1v) is 3.67. The molecule has 4 heteroatoms. The Balaban J connectivity index is 2.88. The number of phenolic OH excluding ortho intramolecular Hbond substituents is 1. The molecule has 1 aromatic carbocycles. The number of carbonyl (C=O) groups excluding carboxylic acids is 1. The number of phenols is 1. The van der Waals surface area contributed by atoms with Crippen molar-refractivity contribution in [1.82, 2.24) is 0 Å². The lowest BCUT2D eigenvalue weighted by atomic mass is 10.2. The van der Waals surface area contributed by atoms with E-state index in [1.807, 2.05) is 0 Å². The summed E-state index contributed by atoms with van der Waals surface area (Å²) in [6, 6.07) is 4.84. The molecule has 0 bridgehead atoms. The maximum Gasteiger partial charge on any atom is 0.235 e. The molecule has 0 saturated heterocycles. The van der Waals surface area contributed by atoms with Gasteiger partial charge in [-0.15, -0.1) is 0 Å². The van der Waals surface area contributed by atoms with Crippen molar-refractivity contribution in [2.24, 2.45) is 4.99 Å². The average Bonchev–Trinajstić information content (AvgIpc) is 2.15. The third-order valence-corrected chi connectivity index (χ3v) is 1.57. The molecule has 0 unspecified atom stereocenters. The van der Waals surface area contributed by atoms with E-state index in [0.29, 0.717) is 5.75 Å². The van der Waals surface area contributed by atoms with Crippen LogP contribution >= 0.6 is 0 Å². The number of ether oxygens (including phenoxy) is 1. The molecule has 1 N–H and O–H groups in total. The van der Waals surface area contributed by atoms with Crippen LogP contribution in [-0.2, 0) is 11.3 Å². The summed E-state index contributed by atoms with van der Waals surface area (Å²) in [5, 5.41) is 9.33. The number of rotatable bonds is 3. The second-order valence-electron chi connectivity index (χ2n) is 2.41. The molecular formula is C9H9NO3. The van der Waals surface area contributed by atoms with E-state index in [1.54, 1.807) is 12.1 Å². The summed E-state index contributed by atoms with van der Waals surface area (Å²) < 4.78 is 4.85. The van der Waals surface area contributed by atoms with E-state index in [9.17, 15) is 9.90 Å². The lowest BCUT2D eigenvalue weighted by Crippen LogP contribution is -1.86. The normalized spacial score (nSPS) is 9.00. The number of nitrogens with zero attached hydrogens (tertiary/aromatic N) is 1. The number of hydrogen-bond donors (Lipinski definition) is 1. The third kappa shape index (κ3) is 2.32. The standard InChI is InChI=1S/C9H9NO3/c1-13-9-3-2-7(4-8(9)12)5-10-6-11/h2-4,12H,5H2,1H3. The number of isocyanates is 1. The van der Waals surface area contributed by atoms with Crippen LogP contribution in [0.5, 0.6) is 11.5 Å². The second-order valence-corrected chi connectivity index (χ2v) is 2.41. The lowest BCUT2D eigenvalue weighted by molar-refractivity contribution is 0.373. The summed E-state index contributed by atoms with van der Waals surface area (Å²) in [7, 11) is 1.47. The molecule has 13 heavy (non-hydrogen) atoms. The monoisotopic (exact) mass is 179 g/mol. The SMILES string of the molecule is COc1ccc(CN=C=O)cc1O. The van der Waals surface area contributed by atoms with Crippen molar-refractivity contribution in [2.75, 3.05) is 7.11 Å². The zero-order valence-corrected chi connectivity index (χ0v) is 7.15. The van der Waals surface area contributed by atoms with Crippen molar-refractivity contribution in [3.63, 3.8) is 0 Å². The van der Waals surface area contributed by atoms with Crippen molar-refractivity contribution in [1.29, 1.82) is 0 Å². The molecule has 4 nitrogen and oxygen atoms in total. The Bertz CT molecular complexity index is 343. The van der Waals surface area contributed by atoms with Crippen LogP contribution in [0.1, 0.15) is 5.56 Å². The van der Waals surface area contributed by atoms with Gasteiger partial charge in [0.15, 0.2) is 11.5 Å². The highest BCUT2D eigenvalue weighted by atomic mass is 16.5. The molecule has 0 radical (unpaired) electrons. The average molecular weight is 179 g/mol. The Kier molecular flexibility index (Phi) is 3.06. The Morgan fingerprint density at radius 2 is 2.38 bits per heavy atom. The molecule has 0 fully saturated rings. The number of aliphatic imine (C=N–C) groups is 1. The van der Waals surface area contributed by atoms with Crippen LogP contribution in [-0.4, -0.2) is 18.3 Å². The highest BCUT2D eigenvalue weighted by Crippen LogP contribution is 2.26. The largest absolute Gasteiger partial charge is 0.504 e. The quantitative estimate of drug-likeness (QED) is 0.561. The Labute approximate surface area is 75.5 Å². The van der Waals surface area contributed by atoms with Crippen LogP contribution in [0.4, 0.5) is 0 Å². The van der Waals surface area contributed by atoms with Gasteiger partial charge in [-0.05, 0) is 17.7 Å². The predicted molar refractivity (Wildman–Crippen MR) is 46.5 cm³/mol. The van der Waals surface area contributed by atoms with Crippen molar-refractivity contribution in [3.05, 3.63) is 23.8 Å². The summed E-state index contributed by atoms with van der Waals surface area (Å²) in [5.74, 6) is 0.444. The number of aromatic hydroxyl groups is 1. The highest BCUT2D eigenvalue weighted by Gasteiger charge is 2.01. The van der Waals surface area contributed by atoms with Gasteiger partial charge in [-0.1, -0.05) is 6.07 Å². The molecule has 0 amide bonds. The first kappa shape index (κ1) is 9.29. The van der Waals surface area contributed by atoms with Gasteiger partial charge in [0.2, 0.25) is 6.08 Å². The molecule has 0 spiro atoms. The topological polar surface area (TPSA) is 58.9 Å². The van der Waals surface area contributed by atoms with Crippen LogP contribution < -0.4 is 4.74 Å². The van der Waals surface area contributed by atoms with E-state index in [1.165, 1.54) is 19.3 Å². The highest BCUT2D eigenvalue weighted by molar-refractivity contribution is 5.42. The van der Waals surface area contributed by atoms with Crippen LogP contribution in [0, 0.1) is 0 Å². The van der Waals surface area contributed by atoms with E-state index >= 15 is 0 Å². The fourth-order valence-electron chi connectivity index (χ4n) is 0.957. The van der Waals surface area contributed by atoms with Crippen LogP contribution in [0.3, 0.4) is 0 Å². The molecule has 0 saturated carbocycles. The molecule has 0 aliphatic rings. The lowest BCUT2D eigenvalue weighted by Gasteiger charge is -2.03. The minimum atomic E-state index is 0.0427. The number of methoxy groups -OCH3 is 1. The molecule has 68 valence electrons. The molecule has 0 heterocycles. The van der Waals surface area contributed by atoms with E-state index in [4.69, 9.17) is 4.74 Å². The van der Waals surface area contributed by atoms with Gasteiger partial charge in [-0.3, -0.25) is 0 Å². The Morgan fingerprint density at radius 3 is 2.92 bits per heavy atom. The molecule has 1 rings (SSSR count). The van der Waals surface area contributed by atoms with Gasteiger partial charge in [0, 0.05) is 0 Å². The molecule has 0 aliphatic heterocycles. The van der Waals surface area contributed by atoms with Gasteiger partial charge in [0.1, 0.15) is 0 Å². The fraction of sp³-hybridized carbons (Fsp3) is 0.222. The summed E-state index contributed by atoms with van der Waals surface area (Å²) in [5.41, 5.74) is 0.738. The van der Waals surface area contributed by atoms with E-state index in [0.717, 1.165) is 5.56 Å². The van der Waals surface area contributed by atoms with Crippen LogP contribution in [0.25, 0.3) is 0 Å². The molecule has 0 aromatic heterocycles. The number of hydrogen-bond acceptors (Lipinski definition) is 4. The van der Waals surface area contributed by atoms with Gasteiger partial charge >= 0.3 is 0 Å². The van der Waals surface area contributed by atoms with Crippen molar-refractivity contribution in [3.8, 4) is 11.5 Å². The summed E-state index contributed by atoms with van der Waals surface area (Å²) >= 11 is 0. The Hall–Kier alpha value is -1.80. The Morgan fingerprint density at radius 1 is 1.62 bits per heavy atom. The smallest absolute Gasteiger partial charge is 0.235 e. The summed E-state index contributed by atoms with van der Waals surface area (Å²) in [4.78, 5) is 13.2. The fourth-order valence-corrected chi connectivity index (χ4v) is 0.957. The minimum Gasteiger partial charge on any atom is -0.504 e. The first-order valence-electron chi connectivity index (χ1n) is 3.67. The number of benzene rings is 1. The van der Waals surface area contributed by atoms with Crippen molar-refractivity contribution >= 4 is 6.08 Å². The van der Waals surface area contributed by atoms with Gasteiger partial charge in [-0.2, -0.15) is 0 Å². The first-order chi connectivity index (χ1) is 6.27. The molecule has 0 atom stereocenters. The van der Waals surface area contributed by atoms with Gasteiger partial charge in [0.25, 0.3) is 0 Å². The maximum atomic E-state index is 9.81. The second kappa shape index (κ2) is 4.28. The van der Waals surface area contributed by atoms with Crippen molar-refractivity contribution < 1.29 is 14.6 Å². The van der Waals surface area contributed by atoms with E-state index < -0.39 is 0 Å². The summed E-state index contributed by atoms with van der Waals surface area (Å²) in [6.45, 7) is 0.223. The van der Waals surface area contributed by atoms with Crippen LogP contribution in [0.2, 0.25) is 0 Å². The minimum absolute atomic E-state index is 0.0427. The third-order valence-electron chi connectivity index (χ3n) is 1.57. The van der Waals surface area contributed by atoms with Gasteiger partial charge in [0.05, 0.1) is 13.7 Å². The molecule has 1 aromatic rings. The zero-order valence-electron chi connectivity index (χ0n) is 7.15. The van der Waals surface area contributed by atoms with E-state index in [-0.39, 0.29) is 12.3 Å². The maximum absolute atomic E-state index is 9.81. The summed E-state index contributed by atoms with van der Waals surface area (Å²) in [6.07, 6.45) is 1.43. The van der Waals surface area contributed by atoms with E-state index in [2.05, 4.69) is 4.99 Å².